The minimum absolute atomic E-state index is 0.0404. The smallest absolute Gasteiger partial charge is 0.438 e. The highest BCUT2D eigenvalue weighted by Crippen LogP contribution is 2.34. The second kappa shape index (κ2) is 7.39. The number of fused-ring (bicyclic) bond motifs is 1. The lowest BCUT2D eigenvalue weighted by Gasteiger charge is -2.29. The monoisotopic (exact) mass is 409 g/mol. The summed E-state index contributed by atoms with van der Waals surface area (Å²) in [7, 11) is 0. The van der Waals surface area contributed by atoms with Crippen LogP contribution < -0.4 is 10.2 Å². The van der Waals surface area contributed by atoms with Crippen LogP contribution in [0, 0.1) is 19.3 Å². The Labute approximate surface area is 168 Å². The van der Waals surface area contributed by atoms with Gasteiger partial charge in [0, 0.05) is 30.8 Å². The molecule has 3 rings (SSSR count). The highest BCUT2D eigenvalue weighted by Gasteiger charge is 2.39. The van der Waals surface area contributed by atoms with Crippen molar-refractivity contribution in [3.8, 4) is 0 Å². The van der Waals surface area contributed by atoms with Gasteiger partial charge >= 0.3 is 12.1 Å². The van der Waals surface area contributed by atoms with E-state index in [0.29, 0.717) is 30.8 Å². The van der Waals surface area contributed by atoms with Crippen molar-refractivity contribution in [1.82, 2.24) is 4.98 Å². The number of hydrogen-bond acceptors (Lipinski definition) is 4. The van der Waals surface area contributed by atoms with Crippen LogP contribution in [0.3, 0.4) is 0 Å². The normalized spacial score (nSPS) is 14.7. The fraction of sp³-hybridized carbons (Fsp3) is 0.524. The van der Waals surface area contributed by atoms with Crippen LogP contribution in [0.2, 0.25) is 0 Å². The van der Waals surface area contributed by atoms with Gasteiger partial charge < -0.3 is 14.6 Å². The number of nitrogens with one attached hydrogen (secondary N) is 1. The van der Waals surface area contributed by atoms with Gasteiger partial charge in [-0.15, -0.1) is 0 Å². The molecule has 1 aromatic carbocycles. The van der Waals surface area contributed by atoms with Gasteiger partial charge in [0.05, 0.1) is 6.54 Å². The largest absolute Gasteiger partial charge is 0.468 e. The minimum Gasteiger partial charge on any atom is -0.438 e. The maximum Gasteiger partial charge on any atom is 0.468 e. The van der Waals surface area contributed by atoms with Crippen molar-refractivity contribution >= 4 is 17.3 Å². The van der Waals surface area contributed by atoms with E-state index in [1.165, 1.54) is 0 Å². The molecule has 0 saturated heterocycles. The number of aryl methyl sites for hydroxylation is 2. The van der Waals surface area contributed by atoms with E-state index >= 15 is 0 Å². The first-order valence-electron chi connectivity index (χ1n) is 9.55. The molecule has 5 nitrogen and oxygen atoms in total. The third kappa shape index (κ3) is 4.92. The van der Waals surface area contributed by atoms with Crippen molar-refractivity contribution in [3.63, 3.8) is 0 Å². The zero-order valence-corrected chi connectivity index (χ0v) is 17.3. The molecule has 1 aliphatic heterocycles. The van der Waals surface area contributed by atoms with Crippen molar-refractivity contribution in [2.75, 3.05) is 16.8 Å². The maximum atomic E-state index is 12.8. The molecule has 1 N–H and O–H groups in total. The Hall–Kier alpha value is -2.51. The van der Waals surface area contributed by atoms with E-state index in [1.807, 2.05) is 51.7 Å². The van der Waals surface area contributed by atoms with E-state index < -0.39 is 12.1 Å². The molecule has 8 heteroatoms. The number of carbonyl (C=O) groups is 1. The molecule has 1 aliphatic rings. The number of alkyl halides is 3. The van der Waals surface area contributed by atoms with Gasteiger partial charge in [-0.05, 0) is 42.5 Å². The lowest BCUT2D eigenvalue weighted by molar-refractivity contribution is -0.157. The van der Waals surface area contributed by atoms with Gasteiger partial charge in [0.15, 0.2) is 0 Å². The average molecular weight is 409 g/mol. The number of amides is 1. The lowest BCUT2D eigenvalue weighted by Crippen LogP contribution is -2.30. The van der Waals surface area contributed by atoms with Crippen LogP contribution in [0.15, 0.2) is 16.5 Å². The number of benzene rings is 1. The van der Waals surface area contributed by atoms with E-state index in [4.69, 9.17) is 4.42 Å². The number of carbonyl (C=O) groups excluding carboxylic acids is 1. The fourth-order valence-corrected chi connectivity index (χ4v) is 3.53. The van der Waals surface area contributed by atoms with Crippen LogP contribution in [-0.2, 0) is 23.9 Å². The number of hydrogen-bond donors (Lipinski definition) is 1. The Morgan fingerprint density at radius 2 is 1.83 bits per heavy atom. The fourth-order valence-electron chi connectivity index (χ4n) is 3.53. The number of halogens is 3. The summed E-state index contributed by atoms with van der Waals surface area (Å²) in [5, 5.41) is 2.99. The molecule has 29 heavy (non-hydrogen) atoms. The summed E-state index contributed by atoms with van der Waals surface area (Å²) in [6.45, 7) is 10.6. The standard InChI is InChI=1S/C21H26F3N3O2/c1-12-8-14(9-13(2)18(12)26-17(28)10-20(3,4)5)27-7-6-16-15(11-27)25-19(29-16)21(22,23)24/h8-9H,6-7,10-11H2,1-5H3,(H,26,28). The molecular formula is C21H26F3N3O2. The summed E-state index contributed by atoms with van der Waals surface area (Å²) in [5.41, 5.74) is 3.69. The van der Waals surface area contributed by atoms with Gasteiger partial charge in [-0.1, -0.05) is 20.8 Å². The summed E-state index contributed by atoms with van der Waals surface area (Å²) in [6.07, 6.45) is -3.81. The number of oxazole rings is 1. The zero-order valence-electron chi connectivity index (χ0n) is 17.3. The molecule has 0 bridgehead atoms. The van der Waals surface area contributed by atoms with E-state index in [-0.39, 0.29) is 17.9 Å². The average Bonchev–Trinajstić information content (AvgIpc) is 3.00. The van der Waals surface area contributed by atoms with Crippen LogP contribution >= 0.6 is 0 Å². The van der Waals surface area contributed by atoms with Gasteiger partial charge in [0.1, 0.15) is 11.5 Å². The Morgan fingerprint density at radius 3 is 2.38 bits per heavy atom. The Kier molecular flexibility index (Phi) is 5.40. The van der Waals surface area contributed by atoms with Crippen molar-refractivity contribution < 1.29 is 22.4 Å². The molecule has 0 saturated carbocycles. The number of aromatic nitrogens is 1. The van der Waals surface area contributed by atoms with Crippen LogP contribution in [0.4, 0.5) is 24.5 Å². The molecule has 0 atom stereocenters. The summed E-state index contributed by atoms with van der Waals surface area (Å²) >= 11 is 0. The van der Waals surface area contributed by atoms with Crippen molar-refractivity contribution in [3.05, 3.63) is 40.6 Å². The van der Waals surface area contributed by atoms with Crippen LogP contribution in [-0.4, -0.2) is 17.4 Å². The molecule has 158 valence electrons. The molecular weight excluding hydrogens is 383 g/mol. The summed E-state index contributed by atoms with van der Waals surface area (Å²) in [5.74, 6) is -0.928. The molecule has 0 fully saturated rings. The Bertz CT molecular complexity index is 903. The van der Waals surface area contributed by atoms with Crippen LogP contribution in [0.1, 0.15) is 55.7 Å². The Balaban J connectivity index is 1.79. The maximum absolute atomic E-state index is 12.8. The molecule has 0 aliphatic carbocycles. The predicted octanol–water partition coefficient (Wildman–Crippen LogP) is 5.25. The molecule has 0 spiro atoms. The highest BCUT2D eigenvalue weighted by atomic mass is 19.4. The lowest BCUT2D eigenvalue weighted by atomic mass is 9.92. The first-order valence-corrected chi connectivity index (χ1v) is 9.55. The molecule has 2 heterocycles. The molecule has 1 amide bonds. The third-order valence-corrected chi connectivity index (χ3v) is 4.81. The van der Waals surface area contributed by atoms with Gasteiger partial charge in [-0.3, -0.25) is 4.79 Å². The van der Waals surface area contributed by atoms with Crippen LogP contribution in [0.25, 0.3) is 0 Å². The molecule has 2 aromatic rings. The number of nitrogens with zero attached hydrogens (tertiary/aromatic N) is 2. The van der Waals surface area contributed by atoms with Crippen molar-refractivity contribution in [2.24, 2.45) is 5.41 Å². The first kappa shape index (κ1) is 21.2. The molecule has 0 radical (unpaired) electrons. The predicted molar refractivity (Wildman–Crippen MR) is 105 cm³/mol. The zero-order chi connectivity index (χ0) is 21.6. The van der Waals surface area contributed by atoms with E-state index in [2.05, 4.69) is 10.3 Å². The third-order valence-electron chi connectivity index (χ3n) is 4.81. The second-order valence-electron chi connectivity index (χ2n) is 8.80. The van der Waals surface area contributed by atoms with Gasteiger partial charge in [0.2, 0.25) is 5.91 Å². The minimum atomic E-state index is -4.58. The quantitative estimate of drug-likeness (QED) is 0.752. The first-order chi connectivity index (χ1) is 13.3. The Morgan fingerprint density at radius 1 is 1.21 bits per heavy atom. The summed E-state index contributed by atoms with van der Waals surface area (Å²) in [6, 6.07) is 3.88. The summed E-state index contributed by atoms with van der Waals surface area (Å²) < 4.78 is 43.4. The summed E-state index contributed by atoms with van der Waals surface area (Å²) in [4.78, 5) is 17.9. The SMILES string of the molecule is Cc1cc(N2CCc3oc(C(F)(F)F)nc3C2)cc(C)c1NC(=O)CC(C)(C)C. The molecule has 0 unspecified atom stereocenters. The highest BCUT2D eigenvalue weighted by molar-refractivity contribution is 5.93. The topological polar surface area (TPSA) is 58.4 Å². The van der Waals surface area contributed by atoms with Gasteiger partial charge in [-0.2, -0.15) is 13.2 Å². The number of anilines is 2. The second-order valence-corrected chi connectivity index (χ2v) is 8.80. The van der Waals surface area contributed by atoms with Crippen molar-refractivity contribution in [2.45, 2.75) is 60.2 Å². The van der Waals surface area contributed by atoms with Gasteiger partial charge in [-0.25, -0.2) is 4.98 Å². The van der Waals surface area contributed by atoms with Gasteiger partial charge in [0.25, 0.3) is 0 Å². The number of rotatable bonds is 3. The van der Waals surface area contributed by atoms with Crippen molar-refractivity contribution in [1.29, 1.82) is 0 Å². The van der Waals surface area contributed by atoms with E-state index in [9.17, 15) is 18.0 Å². The van der Waals surface area contributed by atoms with E-state index in [1.54, 1.807) is 0 Å². The van der Waals surface area contributed by atoms with Crippen LogP contribution in [0.5, 0.6) is 0 Å². The van der Waals surface area contributed by atoms with E-state index in [0.717, 1.165) is 22.5 Å². The molecule has 1 aromatic heterocycles.